The molecule has 0 spiro atoms. The van der Waals surface area contributed by atoms with E-state index in [4.69, 9.17) is 4.99 Å². The Morgan fingerprint density at radius 2 is 1.93 bits per heavy atom. The molecular formula is C24H32N6. The number of H-pyrrole nitrogens is 1. The van der Waals surface area contributed by atoms with Crippen molar-refractivity contribution in [1.29, 1.82) is 0 Å². The number of nitrogens with one attached hydrogen (secondary N) is 2. The van der Waals surface area contributed by atoms with Crippen molar-refractivity contribution < 1.29 is 0 Å². The molecule has 3 aromatic rings. The average Bonchev–Trinajstić information content (AvgIpc) is 3.22. The molecule has 30 heavy (non-hydrogen) atoms. The normalized spacial score (nSPS) is 12.8. The van der Waals surface area contributed by atoms with Gasteiger partial charge in [-0.2, -0.15) is 0 Å². The van der Waals surface area contributed by atoms with Gasteiger partial charge in [0.2, 0.25) is 0 Å². The quantitative estimate of drug-likeness (QED) is 0.434. The molecule has 0 amide bonds. The fourth-order valence-corrected chi connectivity index (χ4v) is 3.46. The van der Waals surface area contributed by atoms with Crippen LogP contribution in [0.1, 0.15) is 38.1 Å². The summed E-state index contributed by atoms with van der Waals surface area (Å²) in [6.07, 6.45) is 5.65. The lowest BCUT2D eigenvalue weighted by Gasteiger charge is -2.24. The topological polar surface area (TPSA) is 69.2 Å². The number of aromatic nitrogens is 3. The van der Waals surface area contributed by atoms with Crippen LogP contribution in [-0.4, -0.2) is 45.9 Å². The van der Waals surface area contributed by atoms with Crippen molar-refractivity contribution in [2.24, 2.45) is 10.9 Å². The predicted octanol–water partition coefficient (Wildman–Crippen LogP) is 4.31. The van der Waals surface area contributed by atoms with E-state index in [0.717, 1.165) is 29.6 Å². The summed E-state index contributed by atoms with van der Waals surface area (Å²) in [4.78, 5) is 19.3. The van der Waals surface area contributed by atoms with E-state index in [1.165, 1.54) is 5.56 Å². The zero-order valence-electron chi connectivity index (χ0n) is 18.3. The van der Waals surface area contributed by atoms with Crippen molar-refractivity contribution in [2.45, 2.75) is 33.2 Å². The van der Waals surface area contributed by atoms with Crippen molar-refractivity contribution in [1.82, 2.24) is 25.2 Å². The second-order valence-corrected chi connectivity index (χ2v) is 7.80. The SMILES string of the molecule is CCNC(=NCC(c1cccnc1)C(C)C)N(C)Cc1ncc(-c2ccccc2)[nH]1. The molecule has 1 unspecified atom stereocenters. The van der Waals surface area contributed by atoms with Gasteiger partial charge in [0.1, 0.15) is 5.82 Å². The third-order valence-electron chi connectivity index (χ3n) is 5.15. The van der Waals surface area contributed by atoms with E-state index in [9.17, 15) is 0 Å². The number of aromatic amines is 1. The minimum atomic E-state index is 0.328. The van der Waals surface area contributed by atoms with E-state index in [1.54, 1.807) is 0 Å². The second-order valence-electron chi connectivity index (χ2n) is 7.80. The van der Waals surface area contributed by atoms with Gasteiger partial charge >= 0.3 is 0 Å². The van der Waals surface area contributed by atoms with Gasteiger partial charge in [0, 0.05) is 38.4 Å². The highest BCUT2D eigenvalue weighted by molar-refractivity contribution is 5.79. The summed E-state index contributed by atoms with van der Waals surface area (Å²) >= 11 is 0. The molecule has 3 rings (SSSR count). The molecule has 1 aromatic carbocycles. The monoisotopic (exact) mass is 404 g/mol. The molecule has 6 heteroatoms. The van der Waals surface area contributed by atoms with Gasteiger partial charge in [-0.15, -0.1) is 0 Å². The van der Waals surface area contributed by atoms with Gasteiger partial charge in [0.05, 0.1) is 18.4 Å². The molecule has 2 heterocycles. The Bertz CT molecular complexity index is 917. The van der Waals surface area contributed by atoms with Crippen molar-refractivity contribution in [3.63, 3.8) is 0 Å². The average molecular weight is 405 g/mol. The Balaban J connectivity index is 1.71. The zero-order valence-corrected chi connectivity index (χ0v) is 18.3. The van der Waals surface area contributed by atoms with Gasteiger partial charge < -0.3 is 15.2 Å². The first-order chi connectivity index (χ1) is 14.6. The van der Waals surface area contributed by atoms with Crippen molar-refractivity contribution in [3.8, 4) is 11.3 Å². The Morgan fingerprint density at radius 1 is 1.13 bits per heavy atom. The summed E-state index contributed by atoms with van der Waals surface area (Å²) in [5, 5.41) is 3.41. The number of imidazole rings is 1. The number of guanidine groups is 1. The van der Waals surface area contributed by atoms with Gasteiger partial charge in [-0.3, -0.25) is 9.98 Å². The number of hydrogen-bond donors (Lipinski definition) is 2. The van der Waals surface area contributed by atoms with Gasteiger partial charge in [0.25, 0.3) is 0 Å². The Hall–Kier alpha value is -3.15. The van der Waals surface area contributed by atoms with Crippen molar-refractivity contribution in [2.75, 3.05) is 20.1 Å². The number of benzene rings is 1. The van der Waals surface area contributed by atoms with Crippen molar-refractivity contribution in [3.05, 3.63) is 72.4 Å². The summed E-state index contributed by atoms with van der Waals surface area (Å²) in [5.41, 5.74) is 3.39. The minimum Gasteiger partial charge on any atom is -0.357 e. The lowest BCUT2D eigenvalue weighted by Crippen LogP contribution is -2.39. The summed E-state index contributed by atoms with van der Waals surface area (Å²) in [6, 6.07) is 14.4. The van der Waals surface area contributed by atoms with Gasteiger partial charge in [0.15, 0.2) is 5.96 Å². The molecule has 0 aliphatic heterocycles. The van der Waals surface area contributed by atoms with Gasteiger partial charge in [-0.1, -0.05) is 50.2 Å². The molecular weight excluding hydrogens is 372 g/mol. The number of nitrogens with zero attached hydrogens (tertiary/aromatic N) is 4. The molecule has 0 saturated carbocycles. The maximum atomic E-state index is 4.93. The van der Waals surface area contributed by atoms with E-state index in [1.807, 2.05) is 49.9 Å². The van der Waals surface area contributed by atoms with E-state index in [0.29, 0.717) is 24.9 Å². The number of hydrogen-bond acceptors (Lipinski definition) is 3. The van der Waals surface area contributed by atoms with Crippen LogP contribution in [0.15, 0.2) is 66.0 Å². The maximum absolute atomic E-state index is 4.93. The number of rotatable bonds is 8. The standard InChI is InChI=1S/C24H32N6/c1-5-26-24(28-15-21(18(2)3)20-12-9-13-25-14-20)30(4)17-23-27-16-22(29-23)19-10-7-6-8-11-19/h6-14,16,18,21H,5,15,17H2,1-4H3,(H,26,28)(H,27,29). The van der Waals surface area contributed by atoms with Crippen LogP contribution in [0.25, 0.3) is 11.3 Å². The molecule has 2 N–H and O–H groups in total. The smallest absolute Gasteiger partial charge is 0.194 e. The summed E-state index contributed by atoms with van der Waals surface area (Å²) in [5.74, 6) is 2.60. The molecule has 0 fully saturated rings. The molecule has 158 valence electrons. The third-order valence-corrected chi connectivity index (χ3v) is 5.15. The first-order valence-electron chi connectivity index (χ1n) is 10.6. The summed E-state index contributed by atoms with van der Waals surface area (Å²) < 4.78 is 0. The van der Waals surface area contributed by atoms with Crippen LogP contribution in [-0.2, 0) is 6.54 Å². The third kappa shape index (κ3) is 5.69. The lowest BCUT2D eigenvalue weighted by atomic mass is 9.89. The van der Waals surface area contributed by atoms with Crippen LogP contribution in [0.3, 0.4) is 0 Å². The minimum absolute atomic E-state index is 0.328. The first-order valence-corrected chi connectivity index (χ1v) is 10.6. The number of aliphatic imine (C=N–C) groups is 1. The van der Waals surface area contributed by atoms with Crippen LogP contribution >= 0.6 is 0 Å². The molecule has 0 aliphatic rings. The van der Waals surface area contributed by atoms with Crippen LogP contribution in [0, 0.1) is 5.92 Å². The summed E-state index contributed by atoms with van der Waals surface area (Å²) in [7, 11) is 2.04. The second kappa shape index (κ2) is 10.6. The van der Waals surface area contributed by atoms with Crippen molar-refractivity contribution >= 4 is 5.96 Å². The molecule has 0 bridgehead atoms. The van der Waals surface area contributed by atoms with Gasteiger partial charge in [-0.05, 0) is 30.0 Å². The molecule has 0 saturated heterocycles. The Kier molecular flexibility index (Phi) is 7.60. The molecule has 6 nitrogen and oxygen atoms in total. The molecule has 0 radical (unpaired) electrons. The predicted molar refractivity (Wildman–Crippen MR) is 123 cm³/mol. The first kappa shape index (κ1) is 21.6. The van der Waals surface area contributed by atoms with E-state index in [2.05, 4.69) is 64.1 Å². The molecule has 0 aliphatic carbocycles. The lowest BCUT2D eigenvalue weighted by molar-refractivity contribution is 0.455. The van der Waals surface area contributed by atoms with Gasteiger partial charge in [-0.25, -0.2) is 4.98 Å². The largest absolute Gasteiger partial charge is 0.357 e. The maximum Gasteiger partial charge on any atom is 0.194 e. The summed E-state index contributed by atoms with van der Waals surface area (Å²) in [6.45, 7) is 8.73. The highest BCUT2D eigenvalue weighted by Crippen LogP contribution is 2.24. The van der Waals surface area contributed by atoms with E-state index in [-0.39, 0.29) is 0 Å². The van der Waals surface area contributed by atoms with E-state index >= 15 is 0 Å². The Morgan fingerprint density at radius 3 is 2.60 bits per heavy atom. The highest BCUT2D eigenvalue weighted by atomic mass is 15.3. The van der Waals surface area contributed by atoms with Crippen LogP contribution in [0.2, 0.25) is 0 Å². The van der Waals surface area contributed by atoms with E-state index < -0.39 is 0 Å². The fraction of sp³-hybridized carbons (Fsp3) is 0.375. The highest BCUT2D eigenvalue weighted by Gasteiger charge is 2.17. The van der Waals surface area contributed by atoms with Crippen LogP contribution < -0.4 is 5.32 Å². The molecule has 1 atom stereocenters. The zero-order chi connectivity index (χ0) is 21.3. The fourth-order valence-electron chi connectivity index (χ4n) is 3.46. The Labute approximate surface area is 179 Å². The van der Waals surface area contributed by atoms with Crippen LogP contribution in [0.4, 0.5) is 0 Å². The van der Waals surface area contributed by atoms with Crippen LogP contribution in [0.5, 0.6) is 0 Å². The number of pyridine rings is 1. The molecule has 2 aromatic heterocycles.